The maximum absolute atomic E-state index is 10.6. The summed E-state index contributed by atoms with van der Waals surface area (Å²) in [6.45, 7) is 8.90. The molecule has 0 aliphatic heterocycles. The number of rotatable bonds is 16. The molecule has 3 atom stereocenters. The first-order valence-corrected chi connectivity index (χ1v) is 16.0. The largest absolute Gasteiger partial charge is 0.481 e. The van der Waals surface area contributed by atoms with Gasteiger partial charge < -0.3 is 43.4 Å². The maximum atomic E-state index is 10.6. The van der Waals surface area contributed by atoms with Gasteiger partial charge in [0, 0.05) is 29.8 Å². The number of benzene rings is 1. The normalized spacial score (nSPS) is 15.2. The summed E-state index contributed by atoms with van der Waals surface area (Å²) in [6.07, 6.45) is 9.07. The number of aliphatic carboxylic acids is 4. The second-order valence-corrected chi connectivity index (χ2v) is 12.5. The van der Waals surface area contributed by atoms with E-state index in [-0.39, 0.29) is 49.0 Å². The molecule has 46 heavy (non-hydrogen) atoms. The molecule has 2 rings (SSSR count). The zero-order chi connectivity index (χ0) is 35.7. The zero-order valence-electron chi connectivity index (χ0n) is 27.4. The van der Waals surface area contributed by atoms with Crippen molar-refractivity contribution in [2.75, 3.05) is 19.6 Å². The van der Waals surface area contributed by atoms with E-state index in [2.05, 4.69) is 20.4 Å². The molecule has 0 amide bonds. The highest BCUT2D eigenvalue weighted by Gasteiger charge is 2.32. The van der Waals surface area contributed by atoms with Crippen LogP contribution in [0.25, 0.3) is 0 Å². The van der Waals surface area contributed by atoms with Crippen molar-refractivity contribution in [2.45, 2.75) is 96.4 Å². The zero-order valence-corrected chi connectivity index (χ0v) is 28.2. The molecule has 12 N–H and O–H groups in total. The number of nitrogens with two attached hydrogens (primary N) is 4. The van der Waals surface area contributed by atoms with Crippen LogP contribution >= 0.6 is 11.6 Å². The molecule has 2 unspecified atom stereocenters. The van der Waals surface area contributed by atoms with Crippen molar-refractivity contribution in [3.63, 3.8) is 0 Å². The Morgan fingerprint density at radius 3 is 1.78 bits per heavy atom. The van der Waals surface area contributed by atoms with Crippen LogP contribution in [0, 0.1) is 17.3 Å². The van der Waals surface area contributed by atoms with Crippen LogP contribution in [-0.2, 0) is 19.2 Å². The average molecular weight is 673 g/mol. The van der Waals surface area contributed by atoms with E-state index in [4.69, 9.17) is 55.0 Å². The summed E-state index contributed by atoms with van der Waals surface area (Å²) in [6, 6.07) is 6.91. The van der Waals surface area contributed by atoms with Crippen molar-refractivity contribution in [3.05, 3.63) is 47.5 Å². The third-order valence-corrected chi connectivity index (χ3v) is 7.77. The van der Waals surface area contributed by atoms with E-state index in [0.717, 1.165) is 37.7 Å². The third kappa shape index (κ3) is 24.2. The number of hydrogen-bond acceptors (Lipinski definition) is 8. The summed E-state index contributed by atoms with van der Waals surface area (Å²) in [4.78, 5) is 41.3. The Balaban J connectivity index is 0. The summed E-state index contributed by atoms with van der Waals surface area (Å²) in [5, 5.41) is 34.6. The Bertz CT molecular complexity index is 1020. The van der Waals surface area contributed by atoms with Gasteiger partial charge in [0.2, 0.25) is 0 Å². The fourth-order valence-corrected chi connectivity index (χ4v) is 5.07. The molecule has 1 aliphatic carbocycles. The quantitative estimate of drug-likeness (QED) is 0.111. The van der Waals surface area contributed by atoms with E-state index in [1.54, 1.807) is 18.2 Å². The summed E-state index contributed by atoms with van der Waals surface area (Å²) >= 11 is 5.72. The lowest BCUT2D eigenvalue weighted by Crippen LogP contribution is -2.34. The average Bonchev–Trinajstić information content (AvgIpc) is 2.99. The highest BCUT2D eigenvalue weighted by molar-refractivity contribution is 6.30. The highest BCUT2D eigenvalue weighted by atomic mass is 35.5. The molecule has 1 fully saturated rings. The van der Waals surface area contributed by atoms with Gasteiger partial charge in [0.15, 0.2) is 0 Å². The van der Waals surface area contributed by atoms with Gasteiger partial charge >= 0.3 is 23.9 Å². The smallest absolute Gasteiger partial charge is 0.304 e. The highest BCUT2D eigenvalue weighted by Crippen LogP contribution is 2.38. The molecule has 0 radical (unpaired) electrons. The van der Waals surface area contributed by atoms with Crippen LogP contribution in [-0.4, -0.2) is 70.0 Å². The van der Waals surface area contributed by atoms with Gasteiger partial charge in [-0.05, 0) is 80.3 Å². The van der Waals surface area contributed by atoms with E-state index in [0.29, 0.717) is 37.0 Å². The van der Waals surface area contributed by atoms with Crippen LogP contribution in [0.2, 0.25) is 5.02 Å². The van der Waals surface area contributed by atoms with E-state index in [1.807, 2.05) is 12.1 Å². The van der Waals surface area contributed by atoms with Gasteiger partial charge in [0.05, 0.1) is 12.8 Å². The minimum absolute atomic E-state index is 0.0537. The van der Waals surface area contributed by atoms with Crippen LogP contribution < -0.4 is 22.9 Å². The van der Waals surface area contributed by atoms with Crippen LogP contribution in [0.3, 0.4) is 0 Å². The molecule has 264 valence electrons. The molecule has 0 saturated heterocycles. The number of carboxylic acids is 4. The second kappa shape index (κ2) is 26.1. The monoisotopic (exact) mass is 672 g/mol. The molecule has 1 saturated carbocycles. The molecule has 0 spiro atoms. The number of halogens is 1. The Hall–Kier alpha value is -3.03. The molecule has 12 nitrogen and oxygen atoms in total. The standard InChI is InChI=1S/C10H12ClNO2.C9H17NO2.C8H17NO2.C6H11NO2/c11-9-3-1-7(2-4-9)8(6-12)5-10(13)14;10-7-9(6-8(11)12)4-2-1-3-5-9;1-6(2)3-7(5-9)4-8(10)11;1-2-5(7)3-4-6(8)9/h1-4,8H,5-6,12H2,(H,13,14);1-7,10H2,(H,11,12);6-7H,3-5,9H2,1-2H3,(H,10,11);2,5H,1,3-4,7H2,(H,8,9)/t;;;5-/m...1/s1. The number of hydrogen-bond donors (Lipinski definition) is 8. The summed E-state index contributed by atoms with van der Waals surface area (Å²) in [5.41, 5.74) is 22.7. The van der Waals surface area contributed by atoms with E-state index in [9.17, 15) is 19.2 Å². The van der Waals surface area contributed by atoms with E-state index in [1.165, 1.54) is 6.42 Å². The molecule has 1 aromatic rings. The molecule has 1 aromatic carbocycles. The van der Waals surface area contributed by atoms with Crippen LogP contribution in [0.4, 0.5) is 0 Å². The summed E-state index contributed by atoms with van der Waals surface area (Å²) in [7, 11) is 0. The van der Waals surface area contributed by atoms with Crippen LogP contribution in [0.5, 0.6) is 0 Å². The van der Waals surface area contributed by atoms with Crippen LogP contribution in [0.15, 0.2) is 36.9 Å². The lowest BCUT2D eigenvalue weighted by atomic mass is 9.72. The number of carbonyl (C=O) groups is 4. The minimum Gasteiger partial charge on any atom is -0.481 e. The molecular weight excluding hydrogens is 616 g/mol. The first-order chi connectivity index (χ1) is 21.5. The summed E-state index contributed by atoms with van der Waals surface area (Å²) in [5.74, 6) is -2.56. The number of carboxylic acid groups (broad SMARTS) is 4. The van der Waals surface area contributed by atoms with Gasteiger partial charge in [-0.2, -0.15) is 0 Å². The molecule has 0 heterocycles. The van der Waals surface area contributed by atoms with Gasteiger partial charge in [-0.25, -0.2) is 0 Å². The topological polar surface area (TPSA) is 253 Å². The van der Waals surface area contributed by atoms with Gasteiger partial charge in [0.1, 0.15) is 0 Å². The maximum Gasteiger partial charge on any atom is 0.304 e. The Morgan fingerprint density at radius 1 is 0.870 bits per heavy atom. The fraction of sp³-hybridized carbons (Fsp3) is 0.636. The Labute approximate surface area is 278 Å². The van der Waals surface area contributed by atoms with Crippen molar-refractivity contribution in [1.82, 2.24) is 0 Å². The Kier molecular flexibility index (Phi) is 25.6. The van der Waals surface area contributed by atoms with Crippen molar-refractivity contribution in [2.24, 2.45) is 40.2 Å². The van der Waals surface area contributed by atoms with Gasteiger partial charge in [0.25, 0.3) is 0 Å². The minimum atomic E-state index is -0.838. The lowest BCUT2D eigenvalue weighted by Gasteiger charge is -2.34. The third-order valence-electron chi connectivity index (χ3n) is 7.52. The molecule has 13 heteroatoms. The van der Waals surface area contributed by atoms with Gasteiger partial charge in [-0.15, -0.1) is 6.58 Å². The predicted molar refractivity (Wildman–Crippen MR) is 182 cm³/mol. The molecular formula is C33H57ClN4O8. The van der Waals surface area contributed by atoms with E-state index >= 15 is 0 Å². The van der Waals surface area contributed by atoms with Crippen molar-refractivity contribution in [3.8, 4) is 0 Å². The van der Waals surface area contributed by atoms with Crippen molar-refractivity contribution in [1.29, 1.82) is 0 Å². The van der Waals surface area contributed by atoms with Crippen molar-refractivity contribution >= 4 is 35.5 Å². The van der Waals surface area contributed by atoms with E-state index < -0.39 is 23.9 Å². The molecule has 1 aliphatic rings. The second-order valence-electron chi connectivity index (χ2n) is 12.1. The molecule has 0 bridgehead atoms. The predicted octanol–water partition coefficient (Wildman–Crippen LogP) is 4.67. The lowest BCUT2D eigenvalue weighted by molar-refractivity contribution is -0.140. The first-order valence-electron chi connectivity index (χ1n) is 15.7. The SMILES string of the molecule is C=C[C@@H](N)CCC(=O)O.CC(C)CC(CN)CC(=O)O.NCC(CC(=O)O)c1ccc(Cl)cc1.NCC1(CC(=O)O)CCCCC1. The van der Waals surface area contributed by atoms with Crippen LogP contribution in [0.1, 0.15) is 96.0 Å². The van der Waals surface area contributed by atoms with Crippen molar-refractivity contribution < 1.29 is 39.6 Å². The molecule has 0 aromatic heterocycles. The van der Waals surface area contributed by atoms with Gasteiger partial charge in [-0.3, -0.25) is 19.2 Å². The Morgan fingerprint density at radius 2 is 1.41 bits per heavy atom. The first kappa shape index (κ1) is 45.1. The fourth-order valence-electron chi connectivity index (χ4n) is 4.94. The summed E-state index contributed by atoms with van der Waals surface area (Å²) < 4.78 is 0. The van der Waals surface area contributed by atoms with Gasteiger partial charge in [-0.1, -0.05) is 62.9 Å².